The Morgan fingerprint density at radius 2 is 1.75 bits per heavy atom. The van der Waals surface area contributed by atoms with E-state index in [1.165, 1.54) is 30.5 Å². The number of nitrogens with zero attached hydrogens (tertiary/aromatic N) is 1. The van der Waals surface area contributed by atoms with E-state index in [4.69, 9.17) is 4.74 Å². The van der Waals surface area contributed by atoms with Crippen LogP contribution < -0.4 is 4.74 Å². The second-order valence-electron chi connectivity index (χ2n) is 5.99. The summed E-state index contributed by atoms with van der Waals surface area (Å²) in [4.78, 5) is 16.0. The van der Waals surface area contributed by atoms with Crippen molar-refractivity contribution in [3.05, 3.63) is 53.9 Å². The highest BCUT2D eigenvalue weighted by Crippen LogP contribution is 2.33. The highest BCUT2D eigenvalue weighted by Gasteiger charge is 2.27. The topological polar surface area (TPSA) is 39.2 Å². The van der Waals surface area contributed by atoms with Crippen molar-refractivity contribution >= 4 is 5.78 Å². The van der Waals surface area contributed by atoms with Gasteiger partial charge in [-0.25, -0.2) is 4.98 Å². The van der Waals surface area contributed by atoms with Crippen molar-refractivity contribution in [3.8, 4) is 11.5 Å². The second-order valence-corrected chi connectivity index (χ2v) is 5.99. The number of hydrogen-bond acceptors (Lipinski definition) is 3. The normalized spacial score (nSPS) is 14.5. The van der Waals surface area contributed by atoms with Crippen LogP contribution in [-0.4, -0.2) is 16.9 Å². The van der Waals surface area contributed by atoms with Gasteiger partial charge in [-0.1, -0.05) is 12.1 Å². The first kappa shape index (κ1) is 16.5. The first-order valence-corrected chi connectivity index (χ1v) is 7.72. The zero-order valence-electron chi connectivity index (χ0n) is 12.8. The van der Waals surface area contributed by atoms with Crippen LogP contribution in [0.5, 0.6) is 11.5 Å². The zero-order chi connectivity index (χ0) is 17.2. The molecule has 0 atom stereocenters. The Balaban J connectivity index is 1.60. The molecule has 3 rings (SSSR count). The molecule has 0 spiro atoms. The van der Waals surface area contributed by atoms with E-state index in [9.17, 15) is 18.0 Å². The number of ether oxygens (including phenoxy) is 1. The van der Waals surface area contributed by atoms with Crippen LogP contribution >= 0.6 is 0 Å². The summed E-state index contributed by atoms with van der Waals surface area (Å²) in [5.41, 5.74) is 0.587. The van der Waals surface area contributed by atoms with Gasteiger partial charge in [0.2, 0.25) is 0 Å². The lowest BCUT2D eigenvalue weighted by atomic mass is 10.1. The van der Waals surface area contributed by atoms with Crippen LogP contribution in [0.2, 0.25) is 0 Å². The molecule has 1 aromatic heterocycles. The molecular weight excluding hydrogens is 319 g/mol. The lowest BCUT2D eigenvalue weighted by molar-refractivity contribution is -0.127. The minimum atomic E-state index is -4.23. The largest absolute Gasteiger partial charge is 0.456 e. The molecule has 0 aliphatic heterocycles. The maximum Gasteiger partial charge on any atom is 0.393 e. The number of ketones is 1. The third-order valence-electron chi connectivity index (χ3n) is 3.76. The third kappa shape index (κ3) is 4.81. The van der Waals surface area contributed by atoms with E-state index < -0.39 is 12.6 Å². The molecule has 0 radical (unpaired) electrons. The average molecular weight is 335 g/mol. The van der Waals surface area contributed by atoms with Gasteiger partial charge >= 0.3 is 6.18 Å². The predicted octanol–water partition coefficient (Wildman–Crippen LogP) is 4.96. The molecule has 0 unspecified atom stereocenters. The number of carbonyl (C=O) groups is 1. The highest BCUT2D eigenvalue weighted by atomic mass is 19.4. The number of carbonyl (C=O) groups excluding carboxylic acids is 1. The quantitative estimate of drug-likeness (QED) is 0.700. The van der Waals surface area contributed by atoms with E-state index in [2.05, 4.69) is 4.98 Å². The zero-order valence-corrected chi connectivity index (χ0v) is 12.8. The molecule has 3 nitrogen and oxygen atoms in total. The summed E-state index contributed by atoms with van der Waals surface area (Å²) < 4.78 is 42.5. The lowest BCUT2D eigenvalue weighted by Gasteiger charge is -2.09. The van der Waals surface area contributed by atoms with Gasteiger partial charge in [0.15, 0.2) is 5.78 Å². The molecule has 1 aliphatic rings. The van der Waals surface area contributed by atoms with E-state index >= 15 is 0 Å². The van der Waals surface area contributed by atoms with Crippen LogP contribution in [0.1, 0.15) is 35.3 Å². The van der Waals surface area contributed by atoms with E-state index in [0.717, 1.165) is 12.8 Å². The monoisotopic (exact) mass is 335 g/mol. The predicted molar refractivity (Wildman–Crippen MR) is 82.2 cm³/mol. The summed E-state index contributed by atoms with van der Waals surface area (Å²) in [6.07, 6.45) is -0.992. The lowest BCUT2D eigenvalue weighted by Crippen LogP contribution is -2.11. The van der Waals surface area contributed by atoms with E-state index in [1.54, 1.807) is 12.1 Å². The SMILES string of the molecule is O=C(CC1CC1)c1ccc(Oc2ccc(CC(F)(F)F)cc2)cn1. The van der Waals surface area contributed by atoms with E-state index in [-0.39, 0.29) is 11.3 Å². The van der Waals surface area contributed by atoms with Gasteiger partial charge in [-0.15, -0.1) is 0 Å². The van der Waals surface area contributed by atoms with Crippen molar-refractivity contribution in [1.82, 2.24) is 4.98 Å². The molecule has 0 bridgehead atoms. The van der Waals surface area contributed by atoms with Crippen LogP contribution in [-0.2, 0) is 6.42 Å². The van der Waals surface area contributed by atoms with Crippen LogP contribution in [0.15, 0.2) is 42.6 Å². The summed E-state index contributed by atoms with van der Waals surface area (Å²) in [6, 6.07) is 8.96. The van der Waals surface area contributed by atoms with Crippen molar-refractivity contribution in [2.75, 3.05) is 0 Å². The summed E-state index contributed by atoms with van der Waals surface area (Å²) in [5, 5.41) is 0. The molecule has 126 valence electrons. The van der Waals surface area contributed by atoms with Crippen LogP contribution in [0.3, 0.4) is 0 Å². The van der Waals surface area contributed by atoms with Gasteiger partial charge < -0.3 is 4.74 Å². The van der Waals surface area contributed by atoms with Crippen molar-refractivity contribution in [3.63, 3.8) is 0 Å². The van der Waals surface area contributed by atoms with Crippen molar-refractivity contribution in [2.45, 2.75) is 31.9 Å². The number of halogens is 3. The van der Waals surface area contributed by atoms with Crippen molar-refractivity contribution in [2.24, 2.45) is 5.92 Å². The molecule has 6 heteroatoms. The highest BCUT2D eigenvalue weighted by molar-refractivity contribution is 5.94. The minimum absolute atomic E-state index is 0.0283. The number of alkyl halides is 3. The number of aromatic nitrogens is 1. The van der Waals surface area contributed by atoms with Gasteiger partial charge in [0.05, 0.1) is 12.6 Å². The maximum absolute atomic E-state index is 12.3. The van der Waals surface area contributed by atoms with Gasteiger partial charge in [0.25, 0.3) is 0 Å². The number of Topliss-reactive ketones (excluding diaryl/α,β-unsaturated/α-hetero) is 1. The number of rotatable bonds is 6. The van der Waals surface area contributed by atoms with Gasteiger partial charge in [0.1, 0.15) is 17.2 Å². The van der Waals surface area contributed by atoms with E-state index in [0.29, 0.717) is 29.5 Å². The molecule has 0 N–H and O–H groups in total. The van der Waals surface area contributed by atoms with Gasteiger partial charge in [-0.2, -0.15) is 13.2 Å². The Morgan fingerprint density at radius 1 is 1.08 bits per heavy atom. The Kier molecular flexibility index (Phi) is 4.55. The number of benzene rings is 1. The Hall–Kier alpha value is -2.37. The summed E-state index contributed by atoms with van der Waals surface area (Å²) >= 11 is 0. The molecule has 24 heavy (non-hydrogen) atoms. The second kappa shape index (κ2) is 6.63. The Labute approximate surface area is 137 Å². The molecule has 0 saturated heterocycles. The fourth-order valence-electron chi connectivity index (χ4n) is 2.34. The van der Waals surface area contributed by atoms with Crippen LogP contribution in [0, 0.1) is 5.92 Å². The third-order valence-corrected chi connectivity index (χ3v) is 3.76. The van der Waals surface area contributed by atoms with E-state index in [1.807, 2.05) is 0 Å². The van der Waals surface area contributed by atoms with Crippen molar-refractivity contribution in [1.29, 1.82) is 0 Å². The number of hydrogen-bond donors (Lipinski definition) is 0. The molecule has 1 fully saturated rings. The Bertz CT molecular complexity index is 705. The summed E-state index contributed by atoms with van der Waals surface area (Å²) in [5.74, 6) is 1.38. The molecule has 0 amide bonds. The molecule has 1 aliphatic carbocycles. The minimum Gasteiger partial charge on any atom is -0.456 e. The summed E-state index contributed by atoms with van der Waals surface area (Å²) in [7, 11) is 0. The number of pyridine rings is 1. The van der Waals surface area contributed by atoms with Gasteiger partial charge in [-0.3, -0.25) is 4.79 Å². The van der Waals surface area contributed by atoms with Crippen LogP contribution in [0.25, 0.3) is 0 Å². The smallest absolute Gasteiger partial charge is 0.393 e. The molecule has 1 heterocycles. The fourth-order valence-corrected chi connectivity index (χ4v) is 2.34. The molecular formula is C18H16F3NO2. The van der Waals surface area contributed by atoms with Crippen molar-refractivity contribution < 1.29 is 22.7 Å². The standard InChI is InChI=1S/C18H16F3NO2/c19-18(20,21)10-13-3-5-14(6-4-13)24-15-7-8-16(22-11-15)17(23)9-12-1-2-12/h3-8,11-12H,1-2,9-10H2. The molecule has 1 saturated carbocycles. The fraction of sp³-hybridized carbons (Fsp3) is 0.333. The van der Waals surface area contributed by atoms with Gasteiger partial charge in [0, 0.05) is 6.42 Å². The average Bonchev–Trinajstić information content (AvgIpc) is 3.32. The van der Waals surface area contributed by atoms with Crippen LogP contribution in [0.4, 0.5) is 13.2 Å². The molecule has 2 aromatic rings. The first-order chi connectivity index (χ1) is 11.4. The molecule has 1 aromatic carbocycles. The first-order valence-electron chi connectivity index (χ1n) is 7.72. The maximum atomic E-state index is 12.3. The summed E-state index contributed by atoms with van der Waals surface area (Å²) in [6.45, 7) is 0. The van der Waals surface area contributed by atoms with Gasteiger partial charge in [-0.05, 0) is 48.6 Å². The Morgan fingerprint density at radius 3 is 2.29 bits per heavy atom.